The molecule has 0 aliphatic rings. The molecule has 0 spiro atoms. The van der Waals surface area contributed by atoms with E-state index < -0.39 is 23.7 Å². The highest BCUT2D eigenvalue weighted by atomic mass is 19.1. The Hall–Kier alpha value is -2.44. The van der Waals surface area contributed by atoms with E-state index in [1.54, 1.807) is 19.9 Å². The number of hydrogen-bond acceptors (Lipinski definition) is 3. The molecule has 22 heavy (non-hydrogen) atoms. The summed E-state index contributed by atoms with van der Waals surface area (Å²) in [6, 6.07) is 3.99. The predicted octanol–water partition coefficient (Wildman–Crippen LogP) is 3.21. The Bertz CT molecular complexity index is 658. The van der Waals surface area contributed by atoms with Crippen LogP contribution in [0.5, 0.6) is 0 Å². The van der Waals surface area contributed by atoms with E-state index >= 15 is 0 Å². The lowest BCUT2D eigenvalue weighted by atomic mass is 10.0. The summed E-state index contributed by atoms with van der Waals surface area (Å²) in [6.45, 7) is 3.75. The van der Waals surface area contributed by atoms with Crippen molar-refractivity contribution in [3.8, 4) is 0 Å². The van der Waals surface area contributed by atoms with Crippen LogP contribution in [-0.2, 0) is 6.54 Å². The Morgan fingerprint density at radius 2 is 2.14 bits per heavy atom. The number of urea groups is 1. The zero-order valence-corrected chi connectivity index (χ0v) is 12.3. The molecule has 118 valence electrons. The summed E-state index contributed by atoms with van der Waals surface area (Å²) >= 11 is 0. The second kappa shape index (κ2) is 7.02. The third-order valence-electron chi connectivity index (χ3n) is 3.15. The Labute approximate surface area is 126 Å². The van der Waals surface area contributed by atoms with Crippen molar-refractivity contribution in [1.82, 2.24) is 15.8 Å². The number of rotatable bonds is 5. The van der Waals surface area contributed by atoms with Gasteiger partial charge in [-0.2, -0.15) is 0 Å². The van der Waals surface area contributed by atoms with E-state index in [9.17, 15) is 13.6 Å². The van der Waals surface area contributed by atoms with Gasteiger partial charge in [0.1, 0.15) is 11.6 Å². The maximum atomic E-state index is 13.8. The molecular formula is C15H17F2N3O2. The van der Waals surface area contributed by atoms with Crippen molar-refractivity contribution in [3.63, 3.8) is 0 Å². The number of aromatic nitrogens is 1. The number of nitrogens with zero attached hydrogens (tertiary/aromatic N) is 1. The number of halogens is 2. The molecule has 0 aliphatic heterocycles. The van der Waals surface area contributed by atoms with Crippen LogP contribution in [0, 0.1) is 18.6 Å². The van der Waals surface area contributed by atoms with Crippen LogP contribution < -0.4 is 10.6 Å². The molecule has 0 saturated carbocycles. The lowest BCUT2D eigenvalue weighted by Crippen LogP contribution is -2.37. The summed E-state index contributed by atoms with van der Waals surface area (Å²) in [5.74, 6) is -0.812. The zero-order valence-electron chi connectivity index (χ0n) is 12.3. The lowest BCUT2D eigenvalue weighted by molar-refractivity contribution is 0.234. The normalized spacial score (nSPS) is 12.0. The summed E-state index contributed by atoms with van der Waals surface area (Å²) in [6.07, 6.45) is 0.470. The van der Waals surface area contributed by atoms with Gasteiger partial charge in [0.05, 0.1) is 18.3 Å². The molecule has 1 atom stereocenters. The van der Waals surface area contributed by atoms with E-state index in [1.165, 1.54) is 6.07 Å². The minimum atomic E-state index is -0.682. The van der Waals surface area contributed by atoms with Gasteiger partial charge in [0.15, 0.2) is 5.76 Å². The van der Waals surface area contributed by atoms with E-state index in [4.69, 9.17) is 4.52 Å². The van der Waals surface area contributed by atoms with Crippen LogP contribution in [0.1, 0.15) is 36.4 Å². The van der Waals surface area contributed by atoms with Gasteiger partial charge in [0, 0.05) is 17.7 Å². The van der Waals surface area contributed by atoms with Gasteiger partial charge in [-0.3, -0.25) is 0 Å². The first kappa shape index (κ1) is 15.9. The van der Waals surface area contributed by atoms with Gasteiger partial charge in [0.25, 0.3) is 0 Å². The molecule has 0 fully saturated rings. The van der Waals surface area contributed by atoms with Crippen molar-refractivity contribution in [2.45, 2.75) is 32.9 Å². The third-order valence-corrected chi connectivity index (χ3v) is 3.15. The fourth-order valence-electron chi connectivity index (χ4n) is 2.06. The minimum Gasteiger partial charge on any atom is -0.359 e. The first-order valence-electron chi connectivity index (χ1n) is 6.91. The van der Waals surface area contributed by atoms with Gasteiger partial charge in [-0.1, -0.05) is 18.1 Å². The number of carbonyl (C=O) groups excluding carboxylic acids is 1. The van der Waals surface area contributed by atoms with E-state index in [-0.39, 0.29) is 12.1 Å². The topological polar surface area (TPSA) is 67.2 Å². The van der Waals surface area contributed by atoms with E-state index in [0.717, 1.165) is 17.8 Å². The molecule has 7 heteroatoms. The molecule has 5 nitrogen and oxygen atoms in total. The molecule has 1 aromatic heterocycles. The zero-order chi connectivity index (χ0) is 16.1. The molecular weight excluding hydrogens is 292 g/mol. The van der Waals surface area contributed by atoms with Crippen molar-refractivity contribution >= 4 is 6.03 Å². The van der Waals surface area contributed by atoms with Crippen LogP contribution in [0.25, 0.3) is 0 Å². The Balaban J connectivity index is 1.95. The highest BCUT2D eigenvalue weighted by Gasteiger charge is 2.17. The molecule has 1 unspecified atom stereocenters. The molecule has 2 N–H and O–H groups in total. The SMILES string of the molecule is CCC(NC(=O)NCc1cc(C)no1)c1ccc(F)cc1F. The smallest absolute Gasteiger partial charge is 0.315 e. The van der Waals surface area contributed by atoms with Gasteiger partial charge in [-0.15, -0.1) is 0 Å². The van der Waals surface area contributed by atoms with Gasteiger partial charge in [0.2, 0.25) is 0 Å². The Morgan fingerprint density at radius 1 is 1.36 bits per heavy atom. The standard InChI is InChI=1S/C15H17F2N3O2/c1-3-14(12-5-4-10(16)7-13(12)17)19-15(21)18-8-11-6-9(2)20-22-11/h4-7,14H,3,8H2,1-2H3,(H2,18,19,21). The number of aryl methyl sites for hydroxylation is 1. The lowest BCUT2D eigenvalue weighted by Gasteiger charge is -2.18. The fraction of sp³-hybridized carbons (Fsp3) is 0.333. The van der Waals surface area contributed by atoms with Crippen molar-refractivity contribution in [3.05, 3.63) is 52.9 Å². The average molecular weight is 309 g/mol. The van der Waals surface area contributed by atoms with Crippen LogP contribution in [0.2, 0.25) is 0 Å². The first-order chi connectivity index (χ1) is 10.5. The summed E-state index contributed by atoms with van der Waals surface area (Å²) in [7, 11) is 0. The molecule has 2 rings (SSSR count). The number of amides is 2. The van der Waals surface area contributed by atoms with Gasteiger partial charge < -0.3 is 15.2 Å². The predicted molar refractivity (Wildman–Crippen MR) is 76.0 cm³/mol. The van der Waals surface area contributed by atoms with Crippen LogP contribution >= 0.6 is 0 Å². The number of carbonyl (C=O) groups is 1. The molecule has 2 amide bonds. The monoisotopic (exact) mass is 309 g/mol. The van der Waals surface area contributed by atoms with E-state index in [0.29, 0.717) is 12.2 Å². The highest BCUT2D eigenvalue weighted by Crippen LogP contribution is 2.20. The number of nitrogens with one attached hydrogen (secondary N) is 2. The van der Waals surface area contributed by atoms with Crippen LogP contribution in [0.3, 0.4) is 0 Å². The quantitative estimate of drug-likeness (QED) is 0.891. The maximum Gasteiger partial charge on any atom is 0.315 e. The van der Waals surface area contributed by atoms with Crippen molar-refractivity contribution in [2.75, 3.05) is 0 Å². The molecule has 1 aromatic carbocycles. The fourth-order valence-corrected chi connectivity index (χ4v) is 2.06. The molecule has 0 aliphatic carbocycles. The summed E-state index contributed by atoms with van der Waals surface area (Å²) in [5, 5.41) is 8.95. The molecule has 0 bridgehead atoms. The third kappa shape index (κ3) is 4.03. The molecule has 1 heterocycles. The van der Waals surface area contributed by atoms with Gasteiger partial charge in [-0.25, -0.2) is 13.6 Å². The highest BCUT2D eigenvalue weighted by molar-refractivity contribution is 5.74. The minimum absolute atomic E-state index is 0.176. The van der Waals surface area contributed by atoms with Crippen molar-refractivity contribution in [2.24, 2.45) is 0 Å². The number of hydrogen-bond donors (Lipinski definition) is 2. The average Bonchev–Trinajstić information content (AvgIpc) is 2.89. The van der Waals surface area contributed by atoms with Crippen LogP contribution in [0.4, 0.5) is 13.6 Å². The second-order valence-electron chi connectivity index (χ2n) is 4.89. The van der Waals surface area contributed by atoms with Crippen molar-refractivity contribution in [1.29, 1.82) is 0 Å². The second-order valence-corrected chi connectivity index (χ2v) is 4.89. The van der Waals surface area contributed by atoms with Crippen LogP contribution in [-0.4, -0.2) is 11.2 Å². The first-order valence-corrected chi connectivity index (χ1v) is 6.91. The Kier molecular flexibility index (Phi) is 5.08. The molecule has 2 aromatic rings. The summed E-state index contributed by atoms with van der Waals surface area (Å²) < 4.78 is 31.7. The largest absolute Gasteiger partial charge is 0.359 e. The summed E-state index contributed by atoms with van der Waals surface area (Å²) in [5.41, 5.74) is 0.964. The maximum absolute atomic E-state index is 13.8. The van der Waals surface area contributed by atoms with Crippen molar-refractivity contribution < 1.29 is 18.1 Å². The van der Waals surface area contributed by atoms with Gasteiger partial charge >= 0.3 is 6.03 Å². The van der Waals surface area contributed by atoms with Crippen LogP contribution in [0.15, 0.2) is 28.8 Å². The summed E-state index contributed by atoms with van der Waals surface area (Å²) in [4.78, 5) is 11.9. The Morgan fingerprint density at radius 3 is 2.73 bits per heavy atom. The number of benzene rings is 1. The van der Waals surface area contributed by atoms with E-state index in [1.807, 2.05) is 0 Å². The van der Waals surface area contributed by atoms with Gasteiger partial charge in [-0.05, 0) is 19.4 Å². The molecule has 0 saturated heterocycles. The molecule has 0 radical (unpaired) electrons. The van der Waals surface area contributed by atoms with E-state index in [2.05, 4.69) is 15.8 Å².